The highest BCUT2D eigenvalue weighted by molar-refractivity contribution is 6.03. The van der Waals surface area contributed by atoms with Gasteiger partial charge >= 0.3 is 0 Å². The summed E-state index contributed by atoms with van der Waals surface area (Å²) in [6, 6.07) is 11.5. The number of hydrogen-bond acceptors (Lipinski definition) is 3. The number of pyridine rings is 1. The maximum Gasteiger partial charge on any atom is 0.274 e. The molecule has 110 valence electrons. The number of nitrogens with zero attached hydrogens (tertiary/aromatic N) is 1. The van der Waals surface area contributed by atoms with Crippen LogP contribution in [0.1, 0.15) is 35.8 Å². The molecule has 1 heterocycles. The fourth-order valence-corrected chi connectivity index (χ4v) is 2.04. The molecule has 4 heteroatoms. The maximum atomic E-state index is 12.1. The van der Waals surface area contributed by atoms with Crippen LogP contribution in [0.3, 0.4) is 0 Å². The zero-order valence-corrected chi connectivity index (χ0v) is 12.5. The van der Waals surface area contributed by atoms with Gasteiger partial charge in [-0.05, 0) is 42.7 Å². The number of rotatable bonds is 6. The summed E-state index contributed by atoms with van der Waals surface area (Å²) >= 11 is 0. The van der Waals surface area contributed by atoms with Crippen LogP contribution in [0.15, 0.2) is 42.6 Å². The van der Waals surface area contributed by atoms with Crippen molar-refractivity contribution < 1.29 is 4.79 Å². The summed E-state index contributed by atoms with van der Waals surface area (Å²) in [4.78, 5) is 16.2. The molecule has 0 atom stereocenters. The number of nitrogens with one attached hydrogen (secondary N) is 2. The Bertz CT molecular complexity index is 593. The molecule has 0 bridgehead atoms. The first-order valence-electron chi connectivity index (χ1n) is 7.27. The third kappa shape index (κ3) is 4.31. The van der Waals surface area contributed by atoms with Crippen LogP contribution in [0.4, 0.5) is 11.4 Å². The fourth-order valence-electron chi connectivity index (χ4n) is 2.04. The lowest BCUT2D eigenvalue weighted by molar-refractivity contribution is 0.102. The van der Waals surface area contributed by atoms with Crippen molar-refractivity contribution in [1.82, 2.24) is 4.98 Å². The molecule has 0 saturated heterocycles. The Hall–Kier alpha value is -2.36. The summed E-state index contributed by atoms with van der Waals surface area (Å²) in [5.74, 6) is -0.201. The van der Waals surface area contributed by atoms with Crippen molar-refractivity contribution in [1.29, 1.82) is 0 Å². The Morgan fingerprint density at radius 2 is 1.90 bits per heavy atom. The summed E-state index contributed by atoms with van der Waals surface area (Å²) in [6.07, 6.45) is 5.07. The largest absolute Gasteiger partial charge is 0.388 e. The average molecular weight is 283 g/mol. The molecule has 1 amide bonds. The minimum absolute atomic E-state index is 0.201. The van der Waals surface area contributed by atoms with Crippen LogP contribution in [0, 0.1) is 0 Å². The predicted octanol–water partition coefficient (Wildman–Crippen LogP) is 3.72. The van der Waals surface area contributed by atoms with Crippen molar-refractivity contribution in [3.05, 3.63) is 53.9 Å². The van der Waals surface area contributed by atoms with E-state index in [1.165, 1.54) is 18.4 Å². The Labute approximate surface area is 125 Å². The molecular weight excluding hydrogens is 262 g/mol. The number of unbranched alkanes of at least 4 members (excludes halogenated alkanes) is 1. The van der Waals surface area contributed by atoms with Gasteiger partial charge in [0.2, 0.25) is 0 Å². The van der Waals surface area contributed by atoms with Crippen molar-refractivity contribution in [3.8, 4) is 0 Å². The van der Waals surface area contributed by atoms with Crippen LogP contribution >= 0.6 is 0 Å². The van der Waals surface area contributed by atoms with Gasteiger partial charge in [-0.1, -0.05) is 25.5 Å². The van der Waals surface area contributed by atoms with Gasteiger partial charge in [-0.3, -0.25) is 9.78 Å². The monoisotopic (exact) mass is 283 g/mol. The van der Waals surface area contributed by atoms with Crippen LogP contribution in [-0.4, -0.2) is 17.9 Å². The van der Waals surface area contributed by atoms with E-state index < -0.39 is 0 Å². The van der Waals surface area contributed by atoms with Crippen LogP contribution in [0.25, 0.3) is 0 Å². The SMILES string of the molecule is CCCCc1ccc(NC(=O)c2cc(NC)ccn2)cc1. The second-order valence-corrected chi connectivity index (χ2v) is 4.93. The van der Waals surface area contributed by atoms with Crippen molar-refractivity contribution in [2.45, 2.75) is 26.2 Å². The topological polar surface area (TPSA) is 54.0 Å². The standard InChI is InChI=1S/C17H21N3O/c1-3-4-5-13-6-8-14(9-7-13)20-17(21)16-12-15(18-2)10-11-19-16/h6-12H,3-5H2,1-2H3,(H,18,19)(H,20,21). The summed E-state index contributed by atoms with van der Waals surface area (Å²) in [6.45, 7) is 2.18. The number of aromatic nitrogens is 1. The first kappa shape index (κ1) is 15.0. The molecule has 1 aromatic carbocycles. The Morgan fingerprint density at radius 1 is 1.14 bits per heavy atom. The molecule has 0 unspecified atom stereocenters. The van der Waals surface area contributed by atoms with Crippen molar-refractivity contribution in [2.24, 2.45) is 0 Å². The molecule has 21 heavy (non-hydrogen) atoms. The molecule has 0 saturated carbocycles. The Balaban J connectivity index is 2.01. The summed E-state index contributed by atoms with van der Waals surface area (Å²) < 4.78 is 0. The van der Waals surface area contributed by atoms with E-state index >= 15 is 0 Å². The van der Waals surface area contributed by atoms with Crippen molar-refractivity contribution >= 4 is 17.3 Å². The number of anilines is 2. The first-order valence-corrected chi connectivity index (χ1v) is 7.27. The van der Waals surface area contributed by atoms with E-state index in [0.717, 1.165) is 17.8 Å². The minimum Gasteiger partial charge on any atom is -0.388 e. The average Bonchev–Trinajstić information content (AvgIpc) is 2.54. The van der Waals surface area contributed by atoms with Gasteiger partial charge in [-0.25, -0.2) is 0 Å². The zero-order valence-electron chi connectivity index (χ0n) is 12.5. The predicted molar refractivity (Wildman–Crippen MR) is 86.8 cm³/mol. The molecule has 0 aliphatic heterocycles. The number of carbonyl (C=O) groups is 1. The molecular formula is C17H21N3O. The lowest BCUT2D eigenvalue weighted by Crippen LogP contribution is -2.13. The van der Waals surface area contributed by atoms with Gasteiger partial charge in [-0.15, -0.1) is 0 Å². The zero-order chi connectivity index (χ0) is 15.1. The maximum absolute atomic E-state index is 12.1. The summed E-state index contributed by atoms with van der Waals surface area (Å²) in [5.41, 5.74) is 3.35. The molecule has 2 aromatic rings. The van der Waals surface area contributed by atoms with Gasteiger partial charge in [0.1, 0.15) is 5.69 Å². The quantitative estimate of drug-likeness (QED) is 0.849. The molecule has 1 aromatic heterocycles. The fraction of sp³-hybridized carbons (Fsp3) is 0.294. The number of carbonyl (C=O) groups excluding carboxylic acids is 1. The smallest absolute Gasteiger partial charge is 0.274 e. The normalized spacial score (nSPS) is 10.2. The Kier molecular flexibility index (Phi) is 5.32. The molecule has 2 rings (SSSR count). The molecule has 0 aliphatic carbocycles. The van der Waals surface area contributed by atoms with E-state index in [4.69, 9.17) is 0 Å². The van der Waals surface area contributed by atoms with Crippen LogP contribution in [-0.2, 0) is 6.42 Å². The molecule has 4 nitrogen and oxygen atoms in total. The van der Waals surface area contributed by atoms with Crippen molar-refractivity contribution in [2.75, 3.05) is 17.7 Å². The molecule has 0 radical (unpaired) electrons. The third-order valence-electron chi connectivity index (χ3n) is 3.31. The minimum atomic E-state index is -0.201. The van der Waals surface area contributed by atoms with Gasteiger partial charge in [0.05, 0.1) is 0 Å². The lowest BCUT2D eigenvalue weighted by Gasteiger charge is -2.07. The van der Waals surface area contributed by atoms with Gasteiger partial charge in [0.25, 0.3) is 5.91 Å². The number of aryl methyl sites for hydroxylation is 1. The van der Waals surface area contributed by atoms with E-state index in [-0.39, 0.29) is 5.91 Å². The highest BCUT2D eigenvalue weighted by atomic mass is 16.1. The molecule has 0 aliphatic rings. The van der Waals surface area contributed by atoms with Crippen LogP contribution < -0.4 is 10.6 Å². The second kappa shape index (κ2) is 7.43. The van der Waals surface area contributed by atoms with Gasteiger partial charge in [-0.2, -0.15) is 0 Å². The van der Waals surface area contributed by atoms with E-state index in [1.807, 2.05) is 25.2 Å². The van der Waals surface area contributed by atoms with Gasteiger partial charge < -0.3 is 10.6 Å². The summed E-state index contributed by atoms with van der Waals surface area (Å²) in [7, 11) is 1.81. The number of benzene rings is 1. The first-order chi connectivity index (χ1) is 10.2. The van der Waals surface area contributed by atoms with E-state index in [0.29, 0.717) is 5.69 Å². The lowest BCUT2D eigenvalue weighted by atomic mass is 10.1. The second-order valence-electron chi connectivity index (χ2n) is 4.93. The van der Waals surface area contributed by atoms with Crippen molar-refractivity contribution in [3.63, 3.8) is 0 Å². The number of hydrogen-bond donors (Lipinski definition) is 2. The number of amides is 1. The molecule has 0 spiro atoms. The summed E-state index contributed by atoms with van der Waals surface area (Å²) in [5, 5.41) is 5.86. The third-order valence-corrected chi connectivity index (χ3v) is 3.31. The van der Waals surface area contributed by atoms with E-state index in [1.54, 1.807) is 12.3 Å². The van der Waals surface area contributed by atoms with Crippen LogP contribution in [0.5, 0.6) is 0 Å². The highest BCUT2D eigenvalue weighted by Gasteiger charge is 2.08. The Morgan fingerprint density at radius 3 is 2.57 bits per heavy atom. The molecule has 2 N–H and O–H groups in total. The highest BCUT2D eigenvalue weighted by Crippen LogP contribution is 2.14. The molecule has 0 fully saturated rings. The van der Waals surface area contributed by atoms with Gasteiger partial charge in [0.15, 0.2) is 0 Å². The van der Waals surface area contributed by atoms with E-state index in [2.05, 4.69) is 34.7 Å². The van der Waals surface area contributed by atoms with Crippen LogP contribution in [0.2, 0.25) is 0 Å². The van der Waals surface area contributed by atoms with E-state index in [9.17, 15) is 4.79 Å². The van der Waals surface area contributed by atoms with Gasteiger partial charge in [0, 0.05) is 24.6 Å².